The van der Waals surface area contributed by atoms with Crippen LogP contribution in [0, 0.1) is 18.7 Å². The van der Waals surface area contributed by atoms with Crippen molar-refractivity contribution in [2.75, 3.05) is 0 Å². The number of rotatable bonds is 4. The van der Waals surface area contributed by atoms with Crippen LogP contribution >= 0.6 is 0 Å². The van der Waals surface area contributed by atoms with Crippen LogP contribution in [-0.2, 0) is 16.1 Å². The minimum absolute atomic E-state index is 0.0366. The van der Waals surface area contributed by atoms with Crippen LogP contribution in [0.1, 0.15) is 29.3 Å². The Hall–Kier alpha value is -3.02. The minimum atomic E-state index is -0.314. The Morgan fingerprint density at radius 1 is 1.27 bits per heavy atom. The van der Waals surface area contributed by atoms with Gasteiger partial charge in [-0.25, -0.2) is 9.37 Å². The van der Waals surface area contributed by atoms with Gasteiger partial charge in [0, 0.05) is 11.8 Å². The summed E-state index contributed by atoms with van der Waals surface area (Å²) in [5.41, 5.74) is 2.48. The average molecular weight is 352 g/mol. The smallest absolute Gasteiger partial charge is 0.309 e. The number of hydrogen-bond acceptors (Lipinski definition) is 4. The molecule has 1 aliphatic carbocycles. The minimum Gasteiger partial charge on any atom is -0.459 e. The van der Waals surface area contributed by atoms with Gasteiger partial charge in [-0.3, -0.25) is 14.0 Å². The van der Waals surface area contributed by atoms with Gasteiger partial charge in [-0.15, -0.1) is 0 Å². The number of aromatic nitrogens is 2. The summed E-state index contributed by atoms with van der Waals surface area (Å²) in [5, 5.41) is 0. The van der Waals surface area contributed by atoms with Crippen LogP contribution < -0.4 is 5.56 Å². The standard InChI is InChI=1S/C20H17FN2O3/c1-12-3-2-4-18-22-15(9-19(24)23(12)18)11-26-20(25)17-10-16(17)13-5-7-14(21)8-6-13/h2-9,16-17H,10-11H2,1H3. The molecular weight excluding hydrogens is 335 g/mol. The summed E-state index contributed by atoms with van der Waals surface area (Å²) in [5.74, 6) is -0.756. The molecular formula is C20H17FN2O3. The molecule has 0 amide bonds. The highest BCUT2D eigenvalue weighted by Crippen LogP contribution is 2.48. The molecule has 4 rings (SSSR count). The van der Waals surface area contributed by atoms with Gasteiger partial charge in [0.15, 0.2) is 0 Å². The van der Waals surface area contributed by atoms with Crippen LogP contribution in [0.25, 0.3) is 5.65 Å². The summed E-state index contributed by atoms with van der Waals surface area (Å²) in [6.07, 6.45) is 0.692. The van der Waals surface area contributed by atoms with Crippen LogP contribution in [-0.4, -0.2) is 15.4 Å². The van der Waals surface area contributed by atoms with E-state index in [1.54, 1.807) is 18.2 Å². The first-order valence-corrected chi connectivity index (χ1v) is 8.43. The van der Waals surface area contributed by atoms with Crippen molar-refractivity contribution in [3.8, 4) is 0 Å². The van der Waals surface area contributed by atoms with Crippen LogP contribution in [0.3, 0.4) is 0 Å². The van der Waals surface area contributed by atoms with Crippen molar-refractivity contribution in [2.45, 2.75) is 25.9 Å². The Labute approximate surface area is 149 Å². The summed E-state index contributed by atoms with van der Waals surface area (Å²) in [7, 11) is 0. The fraction of sp³-hybridized carbons (Fsp3) is 0.250. The number of carbonyl (C=O) groups excluding carboxylic acids is 1. The predicted molar refractivity (Wildman–Crippen MR) is 93.2 cm³/mol. The molecule has 0 aliphatic heterocycles. The Kier molecular flexibility index (Phi) is 4.03. The molecule has 6 heteroatoms. The number of nitrogens with zero attached hydrogens (tertiary/aromatic N) is 2. The molecule has 0 N–H and O–H groups in total. The van der Waals surface area contributed by atoms with Gasteiger partial charge in [-0.05, 0) is 49.1 Å². The van der Waals surface area contributed by atoms with Crippen molar-refractivity contribution in [1.82, 2.24) is 9.38 Å². The first-order chi connectivity index (χ1) is 12.5. The molecule has 2 atom stereocenters. The monoisotopic (exact) mass is 352 g/mol. The fourth-order valence-electron chi connectivity index (χ4n) is 3.22. The highest BCUT2D eigenvalue weighted by molar-refractivity contribution is 5.77. The maximum atomic E-state index is 13.0. The summed E-state index contributed by atoms with van der Waals surface area (Å²) in [6, 6.07) is 13.0. The normalized spacial score (nSPS) is 18.7. The van der Waals surface area contributed by atoms with E-state index in [1.165, 1.54) is 22.6 Å². The lowest BCUT2D eigenvalue weighted by Crippen LogP contribution is -2.18. The molecule has 0 bridgehead atoms. The Morgan fingerprint density at radius 3 is 2.81 bits per heavy atom. The van der Waals surface area contributed by atoms with E-state index in [0.29, 0.717) is 17.8 Å². The van der Waals surface area contributed by atoms with Crippen molar-refractivity contribution in [1.29, 1.82) is 0 Å². The van der Waals surface area contributed by atoms with Crippen LogP contribution in [0.15, 0.2) is 53.3 Å². The number of pyridine rings is 1. The number of aryl methyl sites for hydroxylation is 1. The summed E-state index contributed by atoms with van der Waals surface area (Å²) >= 11 is 0. The Morgan fingerprint density at radius 2 is 2.04 bits per heavy atom. The zero-order chi connectivity index (χ0) is 18.3. The Bertz CT molecular complexity index is 1040. The van der Waals surface area contributed by atoms with E-state index in [-0.39, 0.29) is 35.8 Å². The van der Waals surface area contributed by atoms with E-state index in [2.05, 4.69) is 4.98 Å². The van der Waals surface area contributed by atoms with Crippen LogP contribution in [0.2, 0.25) is 0 Å². The zero-order valence-corrected chi connectivity index (χ0v) is 14.2. The van der Waals surface area contributed by atoms with E-state index < -0.39 is 0 Å². The van der Waals surface area contributed by atoms with Gasteiger partial charge in [-0.1, -0.05) is 18.2 Å². The molecule has 1 aliphatic rings. The highest BCUT2D eigenvalue weighted by atomic mass is 19.1. The van der Waals surface area contributed by atoms with E-state index in [4.69, 9.17) is 4.74 Å². The van der Waals surface area contributed by atoms with E-state index in [9.17, 15) is 14.0 Å². The topological polar surface area (TPSA) is 60.7 Å². The third-order valence-electron chi connectivity index (χ3n) is 4.69. The van der Waals surface area contributed by atoms with Gasteiger partial charge < -0.3 is 4.74 Å². The molecule has 2 aromatic heterocycles. The molecule has 5 nitrogen and oxygen atoms in total. The molecule has 0 saturated heterocycles. The van der Waals surface area contributed by atoms with Gasteiger partial charge in [0.05, 0.1) is 11.6 Å². The van der Waals surface area contributed by atoms with Crippen molar-refractivity contribution in [3.63, 3.8) is 0 Å². The number of esters is 1. The SMILES string of the molecule is Cc1cccc2nc(COC(=O)C3CC3c3ccc(F)cc3)cc(=O)n12. The molecule has 3 aromatic rings. The van der Waals surface area contributed by atoms with E-state index in [1.807, 2.05) is 19.1 Å². The second-order valence-electron chi connectivity index (χ2n) is 6.55. The molecule has 1 fully saturated rings. The van der Waals surface area contributed by atoms with Gasteiger partial charge in [0.2, 0.25) is 0 Å². The average Bonchev–Trinajstić information content (AvgIpc) is 3.41. The number of hydrogen-bond donors (Lipinski definition) is 0. The fourth-order valence-corrected chi connectivity index (χ4v) is 3.22. The lowest BCUT2D eigenvalue weighted by atomic mass is 10.1. The molecule has 0 spiro atoms. The van der Waals surface area contributed by atoms with E-state index in [0.717, 1.165) is 11.3 Å². The lowest BCUT2D eigenvalue weighted by molar-refractivity contribution is -0.146. The number of ether oxygens (including phenoxy) is 1. The molecule has 0 radical (unpaired) electrons. The zero-order valence-electron chi connectivity index (χ0n) is 14.2. The molecule has 132 valence electrons. The van der Waals surface area contributed by atoms with Crippen molar-refractivity contribution >= 4 is 11.6 Å². The third-order valence-corrected chi connectivity index (χ3v) is 4.69. The van der Waals surface area contributed by atoms with Crippen LogP contribution in [0.4, 0.5) is 4.39 Å². The first-order valence-electron chi connectivity index (χ1n) is 8.43. The third kappa shape index (κ3) is 3.10. The number of halogens is 1. The second kappa shape index (κ2) is 6.37. The highest BCUT2D eigenvalue weighted by Gasteiger charge is 2.45. The van der Waals surface area contributed by atoms with Crippen molar-refractivity contribution in [2.24, 2.45) is 5.92 Å². The Balaban J connectivity index is 1.43. The summed E-state index contributed by atoms with van der Waals surface area (Å²) in [4.78, 5) is 28.8. The summed E-state index contributed by atoms with van der Waals surface area (Å²) < 4.78 is 19.8. The molecule has 26 heavy (non-hydrogen) atoms. The molecule has 1 saturated carbocycles. The number of carbonyl (C=O) groups is 1. The van der Waals surface area contributed by atoms with Gasteiger partial charge >= 0.3 is 5.97 Å². The van der Waals surface area contributed by atoms with Gasteiger partial charge in [0.25, 0.3) is 5.56 Å². The second-order valence-corrected chi connectivity index (χ2v) is 6.55. The van der Waals surface area contributed by atoms with Gasteiger partial charge in [-0.2, -0.15) is 0 Å². The first kappa shape index (κ1) is 16.4. The quantitative estimate of drug-likeness (QED) is 0.677. The predicted octanol–water partition coefficient (Wildman–Crippen LogP) is 2.99. The van der Waals surface area contributed by atoms with Crippen molar-refractivity contribution < 1.29 is 13.9 Å². The summed E-state index contributed by atoms with van der Waals surface area (Å²) in [6.45, 7) is 1.80. The van der Waals surface area contributed by atoms with E-state index >= 15 is 0 Å². The molecule has 2 unspecified atom stereocenters. The maximum absolute atomic E-state index is 13.0. The maximum Gasteiger partial charge on any atom is 0.309 e. The van der Waals surface area contributed by atoms with Crippen LogP contribution in [0.5, 0.6) is 0 Å². The van der Waals surface area contributed by atoms with Gasteiger partial charge in [0.1, 0.15) is 18.1 Å². The number of fused-ring (bicyclic) bond motifs is 1. The molecule has 1 aromatic carbocycles. The number of benzene rings is 1. The van der Waals surface area contributed by atoms with Crippen molar-refractivity contribution in [3.05, 3.63) is 81.7 Å². The largest absolute Gasteiger partial charge is 0.459 e. The molecule has 2 heterocycles. The lowest BCUT2D eigenvalue weighted by Gasteiger charge is -2.07.